The van der Waals surface area contributed by atoms with Crippen LogP contribution < -0.4 is 0 Å². The molecule has 0 unspecified atom stereocenters. The van der Waals surface area contributed by atoms with Crippen LogP contribution in [0.2, 0.25) is 0 Å². The Hall–Kier alpha value is -1.57. The highest BCUT2D eigenvalue weighted by Crippen LogP contribution is 2.26. The molecule has 1 aromatic rings. The van der Waals surface area contributed by atoms with Gasteiger partial charge in [0.05, 0.1) is 12.7 Å². The van der Waals surface area contributed by atoms with E-state index in [2.05, 4.69) is 6.08 Å². The zero-order chi connectivity index (χ0) is 12.2. The van der Waals surface area contributed by atoms with Gasteiger partial charge in [-0.3, -0.25) is 0 Å². The van der Waals surface area contributed by atoms with Crippen molar-refractivity contribution in [2.75, 3.05) is 7.11 Å². The first-order valence-corrected chi connectivity index (χ1v) is 5.23. The topological polar surface area (TPSA) is 26.3 Å². The third kappa shape index (κ3) is 3.23. The Morgan fingerprint density at radius 1 is 1.19 bits per heavy atom. The summed E-state index contributed by atoms with van der Waals surface area (Å²) >= 11 is 0. The Morgan fingerprint density at radius 2 is 1.75 bits per heavy atom. The lowest BCUT2D eigenvalue weighted by Gasteiger charge is -2.20. The molecule has 85 valence electrons. The van der Waals surface area contributed by atoms with Gasteiger partial charge in [-0.05, 0) is 11.0 Å². The lowest BCUT2D eigenvalue weighted by atomic mass is 9.85. The van der Waals surface area contributed by atoms with E-state index >= 15 is 0 Å². The molecule has 1 aromatic carbocycles. The van der Waals surface area contributed by atoms with Crippen molar-refractivity contribution in [3.63, 3.8) is 0 Å². The van der Waals surface area contributed by atoms with Crippen molar-refractivity contribution < 1.29 is 9.53 Å². The summed E-state index contributed by atoms with van der Waals surface area (Å²) in [6, 6.07) is 9.59. The van der Waals surface area contributed by atoms with Gasteiger partial charge in [0.1, 0.15) is 0 Å². The van der Waals surface area contributed by atoms with E-state index in [4.69, 9.17) is 4.74 Å². The molecular weight excluding hydrogens is 200 g/mol. The highest BCUT2D eigenvalue weighted by Gasteiger charge is 2.24. The normalized spacial score (nSPS) is 12.4. The van der Waals surface area contributed by atoms with Gasteiger partial charge in [-0.2, -0.15) is 0 Å². The van der Waals surface area contributed by atoms with E-state index in [-0.39, 0.29) is 11.4 Å². The van der Waals surface area contributed by atoms with Crippen molar-refractivity contribution in [2.24, 2.45) is 5.41 Å². The first kappa shape index (κ1) is 12.5. The number of esters is 1. The van der Waals surface area contributed by atoms with Crippen molar-refractivity contribution >= 4 is 5.97 Å². The highest BCUT2D eigenvalue weighted by atomic mass is 16.5. The first-order chi connectivity index (χ1) is 7.45. The van der Waals surface area contributed by atoms with E-state index < -0.39 is 0 Å². The van der Waals surface area contributed by atoms with Crippen LogP contribution in [0.3, 0.4) is 0 Å². The van der Waals surface area contributed by atoms with E-state index in [0.717, 1.165) is 5.56 Å². The highest BCUT2D eigenvalue weighted by molar-refractivity contribution is 5.89. The molecule has 2 nitrogen and oxygen atoms in total. The van der Waals surface area contributed by atoms with Crippen LogP contribution in [0.4, 0.5) is 0 Å². The molecule has 0 aliphatic rings. The molecule has 0 N–H and O–H groups in total. The van der Waals surface area contributed by atoms with Crippen molar-refractivity contribution in [1.29, 1.82) is 0 Å². The molecule has 2 heteroatoms. The van der Waals surface area contributed by atoms with Gasteiger partial charge in [0.15, 0.2) is 0 Å². The number of hydrogen-bond acceptors (Lipinski definition) is 2. The van der Waals surface area contributed by atoms with Crippen LogP contribution in [0.15, 0.2) is 35.9 Å². The number of carbonyl (C=O) groups is 1. The Morgan fingerprint density at radius 3 is 2.19 bits per heavy atom. The first-order valence-electron chi connectivity index (χ1n) is 5.23. The fourth-order valence-electron chi connectivity index (χ4n) is 1.31. The SMILES string of the molecule is COC(=O)C(=[C]c1ccccc1)C(C)(C)C. The maximum Gasteiger partial charge on any atom is 0.334 e. The summed E-state index contributed by atoms with van der Waals surface area (Å²) in [5, 5.41) is 0. The third-order valence-corrected chi connectivity index (χ3v) is 2.18. The molecule has 0 saturated heterocycles. The van der Waals surface area contributed by atoms with E-state index in [1.165, 1.54) is 7.11 Å². The maximum absolute atomic E-state index is 11.6. The molecule has 0 fully saturated rings. The van der Waals surface area contributed by atoms with Crippen molar-refractivity contribution in [3.8, 4) is 0 Å². The molecule has 0 aromatic heterocycles. The minimum atomic E-state index is -0.323. The van der Waals surface area contributed by atoms with E-state index in [1.54, 1.807) is 0 Å². The van der Waals surface area contributed by atoms with Crippen LogP contribution in [-0.2, 0) is 9.53 Å². The fourth-order valence-corrected chi connectivity index (χ4v) is 1.31. The third-order valence-electron chi connectivity index (χ3n) is 2.18. The maximum atomic E-state index is 11.6. The van der Waals surface area contributed by atoms with Crippen LogP contribution in [0.25, 0.3) is 0 Å². The van der Waals surface area contributed by atoms with Crippen molar-refractivity contribution in [3.05, 3.63) is 47.5 Å². The molecule has 0 aliphatic heterocycles. The monoisotopic (exact) mass is 217 g/mol. The molecule has 0 spiro atoms. The second-order valence-electron chi connectivity index (χ2n) is 4.61. The molecule has 0 amide bonds. The number of rotatable bonds is 2. The Labute approximate surface area is 96.9 Å². The largest absolute Gasteiger partial charge is 0.466 e. The quantitative estimate of drug-likeness (QED) is 0.562. The van der Waals surface area contributed by atoms with E-state index in [9.17, 15) is 4.79 Å². The van der Waals surface area contributed by atoms with Gasteiger partial charge in [-0.25, -0.2) is 4.79 Å². The summed E-state index contributed by atoms with van der Waals surface area (Å²) in [7, 11) is 1.39. The van der Waals surface area contributed by atoms with E-state index in [1.807, 2.05) is 51.1 Å². The number of carbonyl (C=O) groups excluding carboxylic acids is 1. The minimum absolute atomic E-state index is 0.275. The van der Waals surface area contributed by atoms with Gasteiger partial charge < -0.3 is 4.74 Å². The molecule has 0 heterocycles. The van der Waals surface area contributed by atoms with Crippen LogP contribution in [0, 0.1) is 11.5 Å². The Balaban J connectivity index is 3.12. The lowest BCUT2D eigenvalue weighted by Crippen LogP contribution is -2.19. The van der Waals surface area contributed by atoms with Gasteiger partial charge in [-0.15, -0.1) is 0 Å². The molecular formula is C14H17O2. The summed E-state index contributed by atoms with van der Waals surface area (Å²) in [5.74, 6) is -0.323. The van der Waals surface area contributed by atoms with Crippen molar-refractivity contribution in [1.82, 2.24) is 0 Å². The standard InChI is InChI=1S/C14H17O2/c1-14(2,3)12(13(15)16-4)10-11-8-6-5-7-9-11/h5-9H,1-4H3. The van der Waals surface area contributed by atoms with Crippen LogP contribution >= 0.6 is 0 Å². The summed E-state index contributed by atoms with van der Waals surface area (Å²) in [5.41, 5.74) is 1.17. The zero-order valence-electron chi connectivity index (χ0n) is 10.2. The Bertz CT molecular complexity index is 383. The van der Waals surface area contributed by atoms with Gasteiger partial charge in [0, 0.05) is 6.08 Å². The summed E-state index contributed by atoms with van der Waals surface area (Å²) in [4.78, 5) is 11.6. The summed E-state index contributed by atoms with van der Waals surface area (Å²) in [6.07, 6.45) is 3.11. The molecule has 0 atom stereocenters. The van der Waals surface area contributed by atoms with Gasteiger partial charge in [0.25, 0.3) is 0 Å². The molecule has 0 bridgehead atoms. The van der Waals surface area contributed by atoms with Gasteiger partial charge >= 0.3 is 5.97 Å². The minimum Gasteiger partial charge on any atom is -0.466 e. The average Bonchev–Trinajstić information content (AvgIpc) is 2.25. The second-order valence-corrected chi connectivity index (χ2v) is 4.61. The zero-order valence-corrected chi connectivity index (χ0v) is 10.2. The summed E-state index contributed by atoms with van der Waals surface area (Å²) in [6.45, 7) is 5.90. The fraction of sp³-hybridized carbons (Fsp3) is 0.357. The van der Waals surface area contributed by atoms with Crippen LogP contribution in [-0.4, -0.2) is 13.1 Å². The number of benzene rings is 1. The van der Waals surface area contributed by atoms with Crippen LogP contribution in [0.1, 0.15) is 26.3 Å². The van der Waals surface area contributed by atoms with Gasteiger partial charge in [0.2, 0.25) is 0 Å². The average molecular weight is 217 g/mol. The molecule has 1 rings (SSSR count). The van der Waals surface area contributed by atoms with Crippen LogP contribution in [0.5, 0.6) is 0 Å². The predicted octanol–water partition coefficient (Wildman–Crippen LogP) is 2.98. The molecule has 0 saturated carbocycles. The molecule has 1 radical (unpaired) electrons. The molecule has 16 heavy (non-hydrogen) atoms. The second kappa shape index (κ2) is 4.97. The smallest absolute Gasteiger partial charge is 0.334 e. The lowest BCUT2D eigenvalue weighted by molar-refractivity contribution is -0.137. The molecule has 0 aliphatic carbocycles. The number of methoxy groups -OCH3 is 1. The van der Waals surface area contributed by atoms with Crippen molar-refractivity contribution in [2.45, 2.75) is 20.8 Å². The van der Waals surface area contributed by atoms with Gasteiger partial charge in [-0.1, -0.05) is 51.1 Å². The number of ether oxygens (including phenoxy) is 1. The summed E-state index contributed by atoms with van der Waals surface area (Å²) < 4.78 is 4.77. The van der Waals surface area contributed by atoms with E-state index in [0.29, 0.717) is 5.57 Å². The number of hydrogen-bond donors (Lipinski definition) is 0. The Kier molecular flexibility index (Phi) is 3.88. The predicted molar refractivity (Wildman–Crippen MR) is 63.8 cm³/mol.